The van der Waals surface area contributed by atoms with Gasteiger partial charge in [-0.15, -0.1) is 6.42 Å². The highest BCUT2D eigenvalue weighted by Gasteiger charge is 2.23. The van der Waals surface area contributed by atoms with Crippen molar-refractivity contribution in [3.8, 4) is 23.8 Å². The first-order valence-electron chi connectivity index (χ1n) is 7.53. The molecule has 5 nitrogen and oxygen atoms in total. The lowest BCUT2D eigenvalue weighted by atomic mass is 10.1. The van der Waals surface area contributed by atoms with E-state index in [0.717, 1.165) is 0 Å². The fourth-order valence-electron chi connectivity index (χ4n) is 1.99. The Bertz CT molecular complexity index is 829. The van der Waals surface area contributed by atoms with E-state index in [1.807, 2.05) is 6.07 Å². The number of para-hydroxylation sites is 1. The van der Waals surface area contributed by atoms with Crippen molar-refractivity contribution in [1.29, 1.82) is 0 Å². The zero-order valence-electron chi connectivity index (χ0n) is 13.9. The first-order chi connectivity index (χ1) is 11.4. The summed E-state index contributed by atoms with van der Waals surface area (Å²) in [6.45, 7) is 5.42. The second kappa shape index (κ2) is 7.05. The molecule has 2 rings (SSSR count). The van der Waals surface area contributed by atoms with Gasteiger partial charge in [-0.1, -0.05) is 24.1 Å². The van der Waals surface area contributed by atoms with Gasteiger partial charge in [0.25, 0.3) is 0 Å². The lowest BCUT2D eigenvalue weighted by Gasteiger charge is -2.23. The molecule has 0 aliphatic rings. The van der Waals surface area contributed by atoms with Crippen molar-refractivity contribution >= 4 is 5.97 Å². The fourth-order valence-corrected chi connectivity index (χ4v) is 1.99. The highest BCUT2D eigenvalue weighted by atomic mass is 16.5. The first kappa shape index (κ1) is 17.4. The Labute approximate surface area is 140 Å². The highest BCUT2D eigenvalue weighted by molar-refractivity contribution is 5.89. The molecule has 1 aromatic heterocycles. The second-order valence-electron chi connectivity index (χ2n) is 5.61. The third-order valence-electron chi connectivity index (χ3n) is 3.46. The summed E-state index contributed by atoms with van der Waals surface area (Å²) in [5.74, 6) is 2.41. The molecule has 0 fully saturated rings. The van der Waals surface area contributed by atoms with Gasteiger partial charge in [-0.25, -0.2) is 4.79 Å². The summed E-state index contributed by atoms with van der Waals surface area (Å²) in [4.78, 5) is 24.7. The molecule has 0 spiro atoms. The number of hydrogen-bond donors (Lipinski definition) is 0. The molecule has 0 atom stereocenters. The highest BCUT2D eigenvalue weighted by Crippen LogP contribution is 2.22. The average Bonchev–Trinajstić information content (AvgIpc) is 2.57. The van der Waals surface area contributed by atoms with Crippen LogP contribution in [0.1, 0.15) is 31.1 Å². The molecule has 24 heavy (non-hydrogen) atoms. The molecule has 0 N–H and O–H groups in total. The summed E-state index contributed by atoms with van der Waals surface area (Å²) < 4.78 is 12.2. The number of terminal acetylenes is 1. The first-order valence-corrected chi connectivity index (χ1v) is 7.53. The Morgan fingerprint density at radius 1 is 1.25 bits per heavy atom. The predicted molar refractivity (Wildman–Crippen MR) is 91.3 cm³/mol. The van der Waals surface area contributed by atoms with E-state index in [1.165, 1.54) is 12.4 Å². The number of pyridine rings is 1. The minimum absolute atomic E-state index is 0.00933. The molecule has 2 aromatic rings. The van der Waals surface area contributed by atoms with Gasteiger partial charge >= 0.3 is 5.97 Å². The summed E-state index contributed by atoms with van der Waals surface area (Å²) in [5.41, 5.74) is -1.40. The zero-order valence-corrected chi connectivity index (χ0v) is 13.9. The molecule has 0 amide bonds. The van der Waals surface area contributed by atoms with Crippen LogP contribution in [0.25, 0.3) is 0 Å². The third kappa shape index (κ3) is 3.66. The van der Waals surface area contributed by atoms with Crippen LogP contribution in [0.5, 0.6) is 11.5 Å². The van der Waals surface area contributed by atoms with Gasteiger partial charge < -0.3 is 14.0 Å². The van der Waals surface area contributed by atoms with E-state index in [9.17, 15) is 9.59 Å². The van der Waals surface area contributed by atoms with Crippen LogP contribution in [0, 0.1) is 12.3 Å². The van der Waals surface area contributed by atoms with Crippen LogP contribution in [0.15, 0.2) is 47.5 Å². The number of hydrogen-bond acceptors (Lipinski definition) is 4. The molecule has 0 radical (unpaired) electrons. The number of benzene rings is 1. The molecule has 0 bridgehead atoms. The minimum Gasteiger partial charge on any atom is -0.462 e. The van der Waals surface area contributed by atoms with Crippen molar-refractivity contribution in [2.75, 3.05) is 6.61 Å². The Kier molecular flexibility index (Phi) is 5.10. The van der Waals surface area contributed by atoms with Gasteiger partial charge in [0, 0.05) is 6.20 Å². The molecular formula is C19H19NO4. The largest absolute Gasteiger partial charge is 0.462 e. The summed E-state index contributed by atoms with van der Waals surface area (Å²) in [7, 11) is 0. The lowest BCUT2D eigenvalue weighted by Crippen LogP contribution is -2.29. The summed E-state index contributed by atoms with van der Waals surface area (Å²) >= 11 is 0. The smallest absolute Gasteiger partial charge is 0.343 e. The van der Waals surface area contributed by atoms with Crippen molar-refractivity contribution in [2.45, 2.75) is 26.3 Å². The Balaban J connectivity index is 2.59. The van der Waals surface area contributed by atoms with E-state index in [2.05, 4.69) is 5.92 Å². The van der Waals surface area contributed by atoms with Crippen LogP contribution in [-0.2, 0) is 10.3 Å². The van der Waals surface area contributed by atoms with Gasteiger partial charge in [0.2, 0.25) is 5.43 Å². The van der Waals surface area contributed by atoms with Crippen molar-refractivity contribution in [3.63, 3.8) is 0 Å². The van der Waals surface area contributed by atoms with Crippen LogP contribution < -0.4 is 10.2 Å². The van der Waals surface area contributed by atoms with E-state index in [4.69, 9.17) is 15.9 Å². The molecule has 1 heterocycles. The lowest BCUT2D eigenvalue weighted by molar-refractivity contribution is 0.0523. The van der Waals surface area contributed by atoms with Crippen LogP contribution in [0.3, 0.4) is 0 Å². The van der Waals surface area contributed by atoms with E-state index < -0.39 is 16.9 Å². The van der Waals surface area contributed by atoms with Crippen molar-refractivity contribution < 1.29 is 14.3 Å². The Morgan fingerprint density at radius 3 is 2.50 bits per heavy atom. The summed E-state index contributed by atoms with van der Waals surface area (Å²) in [6, 6.07) is 8.84. The van der Waals surface area contributed by atoms with E-state index >= 15 is 0 Å². The Hall–Kier alpha value is -3.00. The molecule has 0 saturated heterocycles. The van der Waals surface area contributed by atoms with Gasteiger partial charge in [-0.2, -0.15) is 0 Å². The number of nitrogens with zero attached hydrogens (tertiary/aromatic N) is 1. The van der Waals surface area contributed by atoms with Crippen molar-refractivity contribution in [2.24, 2.45) is 0 Å². The summed E-state index contributed by atoms with van der Waals surface area (Å²) in [5, 5.41) is 0. The predicted octanol–water partition coefficient (Wildman–Crippen LogP) is 3.19. The van der Waals surface area contributed by atoms with E-state index in [1.54, 1.807) is 49.6 Å². The monoisotopic (exact) mass is 325 g/mol. The van der Waals surface area contributed by atoms with Gasteiger partial charge in [0.1, 0.15) is 11.3 Å². The summed E-state index contributed by atoms with van der Waals surface area (Å²) in [6.07, 6.45) is 8.46. The van der Waals surface area contributed by atoms with Crippen molar-refractivity contribution in [3.05, 3.63) is 58.5 Å². The maximum Gasteiger partial charge on any atom is 0.343 e. The zero-order chi connectivity index (χ0) is 17.7. The van der Waals surface area contributed by atoms with Crippen LogP contribution in [-0.4, -0.2) is 17.1 Å². The number of esters is 1. The number of rotatable bonds is 5. The van der Waals surface area contributed by atoms with Gasteiger partial charge in [-0.05, 0) is 32.9 Å². The number of aromatic nitrogens is 1. The maximum absolute atomic E-state index is 12.6. The molecule has 124 valence electrons. The van der Waals surface area contributed by atoms with Crippen molar-refractivity contribution in [1.82, 2.24) is 4.57 Å². The minimum atomic E-state index is -0.746. The number of carbonyl (C=O) groups excluding carboxylic acids is 1. The topological polar surface area (TPSA) is 57.5 Å². The van der Waals surface area contributed by atoms with Crippen LogP contribution >= 0.6 is 0 Å². The number of ether oxygens (including phenoxy) is 2. The standard InChI is InChI=1S/C19H19NO4/c1-5-19(3,4)20-12-15(18(22)23-6-2)17(21)16(13-20)24-14-10-8-7-9-11-14/h1,7-13H,6H2,2-4H3. The van der Waals surface area contributed by atoms with Crippen LogP contribution in [0.4, 0.5) is 0 Å². The normalized spacial score (nSPS) is 10.8. The maximum atomic E-state index is 12.6. The fraction of sp³-hybridized carbons (Fsp3) is 0.263. The molecule has 0 aliphatic carbocycles. The molecule has 0 saturated carbocycles. The molecule has 1 aromatic carbocycles. The molecule has 0 unspecified atom stereocenters. The van der Waals surface area contributed by atoms with Gasteiger partial charge in [0.05, 0.1) is 18.3 Å². The SMILES string of the molecule is C#CC(C)(C)n1cc(Oc2ccccc2)c(=O)c(C(=O)OCC)c1. The molecule has 0 aliphatic heterocycles. The van der Waals surface area contributed by atoms with E-state index in [-0.39, 0.29) is 17.9 Å². The number of carbonyl (C=O) groups is 1. The molecular weight excluding hydrogens is 306 g/mol. The van der Waals surface area contributed by atoms with Crippen LogP contribution in [0.2, 0.25) is 0 Å². The van der Waals surface area contributed by atoms with Gasteiger partial charge in [0.15, 0.2) is 5.75 Å². The second-order valence-corrected chi connectivity index (χ2v) is 5.61. The van der Waals surface area contributed by atoms with Gasteiger partial charge in [-0.3, -0.25) is 4.79 Å². The average molecular weight is 325 g/mol. The molecule has 5 heteroatoms. The van der Waals surface area contributed by atoms with E-state index in [0.29, 0.717) is 5.75 Å². The third-order valence-corrected chi connectivity index (χ3v) is 3.46. The Morgan fingerprint density at radius 2 is 1.92 bits per heavy atom. The quantitative estimate of drug-likeness (QED) is 0.626.